The number of nitrogens with one attached hydrogen (secondary N) is 1. The number of carbonyl (C=O) groups excluding carboxylic acids is 1. The normalized spacial score (nSPS) is 20.9. The molecule has 1 aliphatic carbocycles. The fraction of sp³-hybridized carbons (Fsp3) is 0.611. The summed E-state index contributed by atoms with van der Waals surface area (Å²) >= 11 is 0. The quantitative estimate of drug-likeness (QED) is 0.817. The van der Waals surface area contributed by atoms with Gasteiger partial charge in [0.25, 0.3) is 0 Å². The Morgan fingerprint density at radius 3 is 2.48 bits per heavy atom. The van der Waals surface area contributed by atoms with E-state index < -0.39 is 11.7 Å². The monoisotopic (exact) mass is 356 g/mol. The molecule has 0 radical (unpaired) electrons. The molecule has 1 saturated carbocycles. The molecule has 1 aromatic carbocycles. The van der Waals surface area contributed by atoms with E-state index in [-0.39, 0.29) is 18.6 Å². The predicted octanol–water partition coefficient (Wildman–Crippen LogP) is 2.97. The predicted molar refractivity (Wildman–Crippen MR) is 86.9 cm³/mol. The molecular weight excluding hydrogens is 333 g/mol. The largest absolute Gasteiger partial charge is 0.416 e. The Bertz CT molecular complexity index is 579. The fourth-order valence-corrected chi connectivity index (χ4v) is 3.06. The van der Waals surface area contributed by atoms with Crippen molar-refractivity contribution in [2.45, 2.75) is 50.6 Å². The Balaban J connectivity index is 1.51. The Morgan fingerprint density at radius 1 is 1.20 bits per heavy atom. The van der Waals surface area contributed by atoms with E-state index >= 15 is 0 Å². The third-order valence-electron chi connectivity index (χ3n) is 4.63. The second-order valence-electron chi connectivity index (χ2n) is 6.77. The summed E-state index contributed by atoms with van der Waals surface area (Å²) in [6, 6.07) is 5.51. The first-order chi connectivity index (χ1) is 11.9. The lowest BCUT2D eigenvalue weighted by Crippen LogP contribution is -2.40. The average molecular weight is 356 g/mol. The number of halogens is 3. The third kappa shape index (κ3) is 5.44. The second kappa shape index (κ2) is 7.74. The van der Waals surface area contributed by atoms with Crippen molar-refractivity contribution in [3.05, 3.63) is 35.4 Å². The van der Waals surface area contributed by atoms with E-state index in [4.69, 9.17) is 4.74 Å². The number of hydrogen-bond acceptors (Lipinski definition) is 3. The van der Waals surface area contributed by atoms with Gasteiger partial charge in [-0.2, -0.15) is 13.2 Å². The molecule has 1 aliphatic heterocycles. The topological polar surface area (TPSA) is 41.6 Å². The first kappa shape index (κ1) is 18.2. The summed E-state index contributed by atoms with van der Waals surface area (Å²) in [7, 11) is 0. The van der Waals surface area contributed by atoms with Crippen LogP contribution in [0.3, 0.4) is 0 Å². The standard InChI is InChI=1S/C18H23F3N2O2/c19-18(20,21)14-5-3-13(4-6-14)11-23(15-7-8-15)12-17(24)22-10-16-2-1-9-25-16/h3-6,15-16H,1-2,7-12H2,(H,22,24). The number of rotatable bonds is 7. The number of amides is 1. The maximum absolute atomic E-state index is 12.6. The van der Waals surface area contributed by atoms with E-state index in [0.29, 0.717) is 19.1 Å². The van der Waals surface area contributed by atoms with Crippen LogP contribution < -0.4 is 5.32 Å². The molecule has 138 valence electrons. The zero-order chi connectivity index (χ0) is 17.9. The zero-order valence-electron chi connectivity index (χ0n) is 14.0. The van der Waals surface area contributed by atoms with Crippen LogP contribution in [0.2, 0.25) is 0 Å². The van der Waals surface area contributed by atoms with Gasteiger partial charge in [-0.15, -0.1) is 0 Å². The average Bonchev–Trinajstić information content (AvgIpc) is 3.28. The molecule has 2 aliphatic rings. The molecule has 2 fully saturated rings. The molecule has 0 bridgehead atoms. The number of alkyl halides is 3. The van der Waals surface area contributed by atoms with Crippen molar-refractivity contribution >= 4 is 5.91 Å². The van der Waals surface area contributed by atoms with Gasteiger partial charge in [-0.1, -0.05) is 12.1 Å². The molecule has 7 heteroatoms. The van der Waals surface area contributed by atoms with Gasteiger partial charge in [0.1, 0.15) is 0 Å². The minimum Gasteiger partial charge on any atom is -0.376 e. The van der Waals surface area contributed by atoms with Crippen LogP contribution in [0, 0.1) is 0 Å². The SMILES string of the molecule is O=C(CN(Cc1ccc(C(F)(F)F)cc1)C1CC1)NCC1CCCO1. The highest BCUT2D eigenvalue weighted by molar-refractivity contribution is 5.78. The smallest absolute Gasteiger partial charge is 0.376 e. The molecule has 0 aromatic heterocycles. The van der Waals surface area contributed by atoms with Crippen LogP contribution >= 0.6 is 0 Å². The molecule has 1 atom stereocenters. The van der Waals surface area contributed by atoms with E-state index in [2.05, 4.69) is 5.32 Å². The van der Waals surface area contributed by atoms with Crippen LogP contribution in [-0.2, 0) is 22.3 Å². The van der Waals surface area contributed by atoms with Gasteiger partial charge in [-0.3, -0.25) is 9.69 Å². The molecule has 1 N–H and O–H groups in total. The number of benzene rings is 1. The van der Waals surface area contributed by atoms with Crippen molar-refractivity contribution in [3.8, 4) is 0 Å². The van der Waals surface area contributed by atoms with E-state index in [1.165, 1.54) is 12.1 Å². The van der Waals surface area contributed by atoms with E-state index in [1.807, 2.05) is 4.90 Å². The highest BCUT2D eigenvalue weighted by Crippen LogP contribution is 2.31. The Kier molecular flexibility index (Phi) is 5.64. The fourth-order valence-electron chi connectivity index (χ4n) is 3.06. The lowest BCUT2D eigenvalue weighted by molar-refractivity contribution is -0.137. The number of carbonyl (C=O) groups is 1. The van der Waals surface area contributed by atoms with Crippen molar-refractivity contribution in [3.63, 3.8) is 0 Å². The van der Waals surface area contributed by atoms with Crippen molar-refractivity contribution < 1.29 is 22.7 Å². The molecule has 1 aromatic rings. The minimum atomic E-state index is -4.32. The lowest BCUT2D eigenvalue weighted by Gasteiger charge is -2.22. The van der Waals surface area contributed by atoms with Crippen LogP contribution in [0.5, 0.6) is 0 Å². The van der Waals surface area contributed by atoms with Gasteiger partial charge in [0.15, 0.2) is 0 Å². The van der Waals surface area contributed by atoms with Gasteiger partial charge in [0, 0.05) is 25.7 Å². The van der Waals surface area contributed by atoms with E-state index in [0.717, 1.165) is 50.0 Å². The third-order valence-corrected chi connectivity index (χ3v) is 4.63. The maximum atomic E-state index is 12.6. The highest BCUT2D eigenvalue weighted by Gasteiger charge is 2.32. The van der Waals surface area contributed by atoms with Crippen LogP contribution in [0.15, 0.2) is 24.3 Å². The van der Waals surface area contributed by atoms with Gasteiger partial charge >= 0.3 is 6.18 Å². The van der Waals surface area contributed by atoms with Crippen molar-refractivity contribution in [2.75, 3.05) is 19.7 Å². The summed E-state index contributed by atoms with van der Waals surface area (Å²) in [5.74, 6) is -0.0608. The number of nitrogens with zero attached hydrogens (tertiary/aromatic N) is 1. The molecule has 25 heavy (non-hydrogen) atoms. The molecule has 1 heterocycles. The summed E-state index contributed by atoms with van der Waals surface area (Å²) in [5.41, 5.74) is 0.135. The first-order valence-corrected chi connectivity index (χ1v) is 8.70. The van der Waals surface area contributed by atoms with Crippen molar-refractivity contribution in [2.24, 2.45) is 0 Å². The Morgan fingerprint density at radius 2 is 1.92 bits per heavy atom. The Hall–Kier alpha value is -1.60. The van der Waals surface area contributed by atoms with Crippen molar-refractivity contribution in [1.82, 2.24) is 10.2 Å². The summed E-state index contributed by atoms with van der Waals surface area (Å²) < 4.78 is 43.4. The summed E-state index contributed by atoms with van der Waals surface area (Å²) in [6.45, 7) is 2.02. The summed E-state index contributed by atoms with van der Waals surface area (Å²) in [4.78, 5) is 14.2. The van der Waals surface area contributed by atoms with Gasteiger partial charge < -0.3 is 10.1 Å². The van der Waals surface area contributed by atoms with Crippen LogP contribution in [0.25, 0.3) is 0 Å². The van der Waals surface area contributed by atoms with Crippen LogP contribution in [0.4, 0.5) is 13.2 Å². The van der Waals surface area contributed by atoms with E-state index in [9.17, 15) is 18.0 Å². The minimum absolute atomic E-state index is 0.0608. The lowest BCUT2D eigenvalue weighted by atomic mass is 10.1. The molecule has 1 amide bonds. The van der Waals surface area contributed by atoms with Gasteiger partial charge in [0.05, 0.1) is 18.2 Å². The number of hydrogen-bond donors (Lipinski definition) is 1. The zero-order valence-corrected chi connectivity index (χ0v) is 14.0. The highest BCUT2D eigenvalue weighted by atomic mass is 19.4. The van der Waals surface area contributed by atoms with Gasteiger partial charge in [-0.05, 0) is 43.4 Å². The van der Waals surface area contributed by atoms with Crippen LogP contribution in [0.1, 0.15) is 36.8 Å². The van der Waals surface area contributed by atoms with E-state index in [1.54, 1.807) is 0 Å². The summed E-state index contributed by atoms with van der Waals surface area (Å²) in [6.07, 6.45) is -0.162. The Labute approximate surface area is 145 Å². The second-order valence-corrected chi connectivity index (χ2v) is 6.77. The summed E-state index contributed by atoms with van der Waals surface area (Å²) in [5, 5.41) is 2.90. The molecule has 4 nitrogen and oxygen atoms in total. The molecule has 0 spiro atoms. The van der Waals surface area contributed by atoms with Crippen molar-refractivity contribution in [1.29, 1.82) is 0 Å². The first-order valence-electron chi connectivity index (χ1n) is 8.70. The molecular formula is C18H23F3N2O2. The van der Waals surface area contributed by atoms with Gasteiger partial charge in [-0.25, -0.2) is 0 Å². The molecule has 3 rings (SSSR count). The van der Waals surface area contributed by atoms with Crippen LogP contribution in [-0.4, -0.2) is 42.6 Å². The maximum Gasteiger partial charge on any atom is 0.416 e. The van der Waals surface area contributed by atoms with Gasteiger partial charge in [0.2, 0.25) is 5.91 Å². The molecule has 1 unspecified atom stereocenters. The number of ether oxygens (including phenoxy) is 1. The molecule has 1 saturated heterocycles.